The maximum Gasteiger partial charge on any atom is 0.0518 e. The molecule has 0 aliphatic rings. The van der Waals surface area contributed by atoms with E-state index in [-0.39, 0.29) is 5.54 Å². The predicted octanol–water partition coefficient (Wildman–Crippen LogP) is 4.28. The minimum absolute atomic E-state index is 0.154. The molecule has 0 aromatic heterocycles. The molecule has 0 fully saturated rings. The van der Waals surface area contributed by atoms with Crippen molar-refractivity contribution in [2.45, 2.75) is 65.5 Å². The first kappa shape index (κ1) is 17.2. The number of rotatable bonds is 7. The molecule has 0 amide bonds. The van der Waals surface area contributed by atoms with E-state index in [4.69, 9.17) is 4.74 Å². The van der Waals surface area contributed by atoms with Gasteiger partial charge in [-0.15, -0.1) is 0 Å². The molecule has 2 heteroatoms. The van der Waals surface area contributed by atoms with E-state index in [2.05, 4.69) is 71.1 Å². The van der Waals surface area contributed by atoms with Crippen LogP contribution in [-0.2, 0) is 4.74 Å². The van der Waals surface area contributed by atoms with Crippen molar-refractivity contribution >= 4 is 0 Å². The van der Waals surface area contributed by atoms with Gasteiger partial charge in [0.2, 0.25) is 0 Å². The number of hydrogen-bond donors (Lipinski definition) is 1. The van der Waals surface area contributed by atoms with E-state index in [1.165, 1.54) is 11.1 Å². The van der Waals surface area contributed by atoms with Gasteiger partial charge < -0.3 is 10.1 Å². The van der Waals surface area contributed by atoms with Crippen molar-refractivity contribution < 1.29 is 4.74 Å². The fourth-order valence-electron chi connectivity index (χ4n) is 2.19. The molecule has 1 aromatic rings. The maximum atomic E-state index is 5.73. The van der Waals surface area contributed by atoms with Gasteiger partial charge in [-0.1, -0.05) is 29.8 Å². The fraction of sp³-hybridized carbons (Fsp3) is 0.667. The minimum atomic E-state index is 0.154. The van der Waals surface area contributed by atoms with Crippen LogP contribution in [0.1, 0.15) is 58.1 Å². The molecule has 114 valence electrons. The zero-order chi connectivity index (χ0) is 15.2. The van der Waals surface area contributed by atoms with Gasteiger partial charge in [-0.2, -0.15) is 0 Å². The Morgan fingerprint density at radius 3 is 2.45 bits per heavy atom. The van der Waals surface area contributed by atoms with Crippen molar-refractivity contribution in [2.24, 2.45) is 0 Å². The van der Waals surface area contributed by atoms with E-state index in [1.807, 2.05) is 0 Å². The molecule has 1 N–H and O–H groups in total. The van der Waals surface area contributed by atoms with Crippen LogP contribution in [-0.4, -0.2) is 24.8 Å². The fourth-order valence-corrected chi connectivity index (χ4v) is 2.19. The Morgan fingerprint density at radius 2 is 1.90 bits per heavy atom. The van der Waals surface area contributed by atoms with Crippen LogP contribution in [0.2, 0.25) is 0 Å². The molecule has 1 atom stereocenters. The van der Waals surface area contributed by atoms with E-state index in [9.17, 15) is 0 Å². The molecule has 0 spiro atoms. The third-order valence-electron chi connectivity index (χ3n) is 3.31. The van der Waals surface area contributed by atoms with Gasteiger partial charge in [0.1, 0.15) is 0 Å². The number of hydrogen-bond acceptors (Lipinski definition) is 2. The molecule has 2 nitrogen and oxygen atoms in total. The molecule has 0 saturated heterocycles. The van der Waals surface area contributed by atoms with Crippen molar-refractivity contribution in [1.29, 1.82) is 0 Å². The third kappa shape index (κ3) is 7.06. The lowest BCUT2D eigenvalue weighted by atomic mass is 9.93. The third-order valence-corrected chi connectivity index (χ3v) is 3.31. The first-order chi connectivity index (χ1) is 9.28. The summed E-state index contributed by atoms with van der Waals surface area (Å²) in [7, 11) is 0. The molecule has 0 bridgehead atoms. The lowest BCUT2D eigenvalue weighted by molar-refractivity contribution is 0.0729. The largest absolute Gasteiger partial charge is 0.379 e. The lowest BCUT2D eigenvalue weighted by Crippen LogP contribution is -2.38. The summed E-state index contributed by atoms with van der Waals surface area (Å²) in [5.74, 6) is 0.507. The van der Waals surface area contributed by atoms with Crippen molar-refractivity contribution in [1.82, 2.24) is 5.32 Å². The average molecular weight is 277 g/mol. The van der Waals surface area contributed by atoms with Gasteiger partial charge >= 0.3 is 0 Å². The van der Waals surface area contributed by atoms with Crippen molar-refractivity contribution in [2.75, 3.05) is 13.2 Å². The molecule has 0 heterocycles. The van der Waals surface area contributed by atoms with Gasteiger partial charge in [0.05, 0.1) is 6.10 Å². The molecule has 20 heavy (non-hydrogen) atoms. The molecule has 1 rings (SSSR count). The van der Waals surface area contributed by atoms with Crippen LogP contribution in [0.3, 0.4) is 0 Å². The highest BCUT2D eigenvalue weighted by molar-refractivity contribution is 5.25. The van der Waals surface area contributed by atoms with Crippen LogP contribution in [0.5, 0.6) is 0 Å². The van der Waals surface area contributed by atoms with Crippen molar-refractivity contribution in [3.8, 4) is 0 Å². The molecule has 0 aliphatic carbocycles. The minimum Gasteiger partial charge on any atom is -0.379 e. The Bertz CT molecular complexity index is 393. The summed E-state index contributed by atoms with van der Waals surface area (Å²) < 4.78 is 5.73. The van der Waals surface area contributed by atoms with Crippen LogP contribution >= 0.6 is 0 Å². The van der Waals surface area contributed by atoms with Crippen LogP contribution in [0.25, 0.3) is 0 Å². The molecular formula is C18H31NO. The van der Waals surface area contributed by atoms with Crippen LogP contribution in [0, 0.1) is 6.92 Å². The second-order valence-corrected chi connectivity index (χ2v) is 6.95. The standard InChI is InChI=1S/C18H31NO/c1-14(2)20-11-10-17(13-19-18(4,5)6)16-9-7-8-15(3)12-16/h7-9,12,14,17,19H,10-11,13H2,1-6H3. The first-order valence-electron chi connectivity index (χ1n) is 7.71. The number of aryl methyl sites for hydroxylation is 1. The Morgan fingerprint density at radius 1 is 1.20 bits per heavy atom. The van der Waals surface area contributed by atoms with Crippen LogP contribution < -0.4 is 5.32 Å². The Kier molecular flexibility index (Phi) is 6.70. The summed E-state index contributed by atoms with van der Waals surface area (Å²) in [6.45, 7) is 14.8. The van der Waals surface area contributed by atoms with E-state index in [0.717, 1.165) is 19.6 Å². The summed E-state index contributed by atoms with van der Waals surface area (Å²) >= 11 is 0. The van der Waals surface area contributed by atoms with Gasteiger partial charge in [-0.25, -0.2) is 0 Å². The highest BCUT2D eigenvalue weighted by atomic mass is 16.5. The Hall–Kier alpha value is -0.860. The smallest absolute Gasteiger partial charge is 0.0518 e. The van der Waals surface area contributed by atoms with Gasteiger partial charge in [0.15, 0.2) is 0 Å². The SMILES string of the molecule is Cc1cccc(C(CCOC(C)C)CNC(C)(C)C)c1. The first-order valence-corrected chi connectivity index (χ1v) is 7.71. The summed E-state index contributed by atoms with van der Waals surface area (Å²) in [4.78, 5) is 0. The second kappa shape index (κ2) is 7.80. The Balaban J connectivity index is 2.68. The molecule has 1 unspecified atom stereocenters. The number of benzene rings is 1. The monoisotopic (exact) mass is 277 g/mol. The molecular weight excluding hydrogens is 246 g/mol. The highest BCUT2D eigenvalue weighted by Gasteiger charge is 2.16. The Labute approximate surface area is 124 Å². The van der Waals surface area contributed by atoms with Gasteiger partial charge in [0, 0.05) is 18.7 Å². The van der Waals surface area contributed by atoms with Crippen molar-refractivity contribution in [3.63, 3.8) is 0 Å². The quantitative estimate of drug-likeness (QED) is 0.803. The molecule has 1 aromatic carbocycles. The van der Waals surface area contributed by atoms with Gasteiger partial charge in [-0.3, -0.25) is 0 Å². The van der Waals surface area contributed by atoms with Crippen molar-refractivity contribution in [3.05, 3.63) is 35.4 Å². The summed E-state index contributed by atoms with van der Waals surface area (Å²) in [5, 5.41) is 3.62. The number of nitrogens with one attached hydrogen (secondary N) is 1. The van der Waals surface area contributed by atoms with E-state index in [1.54, 1.807) is 0 Å². The predicted molar refractivity (Wildman–Crippen MR) is 87.4 cm³/mol. The van der Waals surface area contributed by atoms with Gasteiger partial charge in [0.25, 0.3) is 0 Å². The second-order valence-electron chi connectivity index (χ2n) is 6.95. The van der Waals surface area contributed by atoms with Crippen LogP contribution in [0.4, 0.5) is 0 Å². The van der Waals surface area contributed by atoms with E-state index in [0.29, 0.717) is 12.0 Å². The average Bonchev–Trinajstić information content (AvgIpc) is 2.31. The lowest BCUT2D eigenvalue weighted by Gasteiger charge is -2.26. The highest BCUT2D eigenvalue weighted by Crippen LogP contribution is 2.21. The zero-order valence-electron chi connectivity index (χ0n) is 14.0. The molecule has 0 radical (unpaired) electrons. The topological polar surface area (TPSA) is 21.3 Å². The summed E-state index contributed by atoms with van der Waals surface area (Å²) in [5.41, 5.74) is 2.89. The summed E-state index contributed by atoms with van der Waals surface area (Å²) in [6.07, 6.45) is 1.37. The van der Waals surface area contributed by atoms with E-state index < -0.39 is 0 Å². The van der Waals surface area contributed by atoms with Crippen LogP contribution in [0.15, 0.2) is 24.3 Å². The number of ether oxygens (including phenoxy) is 1. The summed E-state index contributed by atoms with van der Waals surface area (Å²) in [6, 6.07) is 8.84. The van der Waals surface area contributed by atoms with Gasteiger partial charge in [-0.05, 0) is 59.4 Å². The zero-order valence-corrected chi connectivity index (χ0v) is 14.0. The van der Waals surface area contributed by atoms with E-state index >= 15 is 0 Å². The maximum absolute atomic E-state index is 5.73. The normalized spacial score (nSPS) is 13.8. The molecule has 0 aliphatic heterocycles. The molecule has 0 saturated carbocycles.